The van der Waals surface area contributed by atoms with E-state index in [9.17, 15) is 0 Å². The second-order valence-electron chi connectivity index (χ2n) is 5.61. The van der Waals surface area contributed by atoms with Gasteiger partial charge in [-0.2, -0.15) is 0 Å². The lowest BCUT2D eigenvalue weighted by atomic mass is 9.93. The van der Waals surface area contributed by atoms with Crippen LogP contribution in [0.3, 0.4) is 0 Å². The summed E-state index contributed by atoms with van der Waals surface area (Å²) in [5, 5.41) is 4.62. The zero-order valence-corrected chi connectivity index (χ0v) is 13.5. The molecule has 3 rings (SSSR count). The quantitative estimate of drug-likeness (QED) is 0.912. The third kappa shape index (κ3) is 2.54. The van der Waals surface area contributed by atoms with Crippen molar-refractivity contribution in [1.82, 2.24) is 10.3 Å². The Labute approximate surface area is 128 Å². The summed E-state index contributed by atoms with van der Waals surface area (Å²) in [6, 6.07) is 9.20. The molecule has 1 aliphatic rings. The topological polar surface area (TPSA) is 28.2 Å². The van der Waals surface area contributed by atoms with Crippen molar-refractivity contribution in [3.8, 4) is 0 Å². The first-order valence-electron chi connectivity index (χ1n) is 7.15. The van der Waals surface area contributed by atoms with Crippen molar-refractivity contribution >= 4 is 32.5 Å². The average molecular weight is 334 g/mol. The van der Waals surface area contributed by atoms with Gasteiger partial charge >= 0.3 is 0 Å². The first-order valence-corrected chi connectivity index (χ1v) is 7.95. The molecule has 1 aliphatic heterocycles. The Morgan fingerprint density at radius 1 is 1.40 bits per heavy atom. The highest BCUT2D eigenvalue weighted by Crippen LogP contribution is 2.30. The van der Waals surface area contributed by atoms with Crippen LogP contribution in [0, 0.1) is 5.92 Å². The molecule has 0 spiro atoms. The van der Waals surface area contributed by atoms with Crippen molar-refractivity contribution in [2.24, 2.45) is 5.92 Å². The van der Waals surface area contributed by atoms with Gasteiger partial charge in [0.05, 0.1) is 11.2 Å². The number of piperidine rings is 1. The summed E-state index contributed by atoms with van der Waals surface area (Å²) in [6.45, 7) is 4.50. The maximum Gasteiger partial charge on any atom is 0.0936 e. The Morgan fingerprint density at radius 3 is 3.00 bits per heavy atom. The molecule has 1 saturated heterocycles. The molecule has 0 amide bonds. The van der Waals surface area contributed by atoms with E-state index in [4.69, 9.17) is 0 Å². The van der Waals surface area contributed by atoms with Crippen molar-refractivity contribution in [3.05, 3.63) is 34.9 Å². The van der Waals surface area contributed by atoms with Crippen LogP contribution in [0.4, 0.5) is 5.69 Å². The van der Waals surface area contributed by atoms with E-state index in [1.54, 1.807) is 0 Å². The number of hydrogen-bond acceptors (Lipinski definition) is 3. The molecule has 20 heavy (non-hydrogen) atoms. The van der Waals surface area contributed by atoms with Crippen molar-refractivity contribution in [3.63, 3.8) is 0 Å². The lowest BCUT2D eigenvalue weighted by Gasteiger charge is -2.38. The van der Waals surface area contributed by atoms with Gasteiger partial charge in [-0.3, -0.25) is 4.98 Å². The van der Waals surface area contributed by atoms with Gasteiger partial charge in [-0.1, -0.05) is 19.1 Å². The molecule has 4 heteroatoms. The van der Waals surface area contributed by atoms with Crippen LogP contribution in [0.2, 0.25) is 0 Å². The van der Waals surface area contributed by atoms with Gasteiger partial charge in [-0.15, -0.1) is 0 Å². The van der Waals surface area contributed by atoms with Gasteiger partial charge in [0, 0.05) is 35.2 Å². The van der Waals surface area contributed by atoms with E-state index in [1.165, 1.54) is 17.5 Å². The standard InChI is InChI=1S/C16H20BrN3/c1-11-10-20(7-6-14(11)18-2)15-5-3-4-12-8-13(17)9-19-16(12)15/h3-5,8-9,11,14,18H,6-7,10H2,1-2H3. The second-order valence-corrected chi connectivity index (χ2v) is 6.53. The summed E-state index contributed by atoms with van der Waals surface area (Å²) in [5.74, 6) is 0.652. The molecule has 0 radical (unpaired) electrons. The number of fused-ring (bicyclic) bond motifs is 1. The van der Waals surface area contributed by atoms with Gasteiger partial charge in [0.25, 0.3) is 0 Å². The number of nitrogens with zero attached hydrogens (tertiary/aromatic N) is 2. The molecule has 2 unspecified atom stereocenters. The van der Waals surface area contributed by atoms with E-state index < -0.39 is 0 Å². The predicted octanol–water partition coefficient (Wildman–Crippen LogP) is 3.43. The maximum atomic E-state index is 4.62. The van der Waals surface area contributed by atoms with E-state index in [1.807, 2.05) is 6.20 Å². The van der Waals surface area contributed by atoms with Crippen LogP contribution in [0.1, 0.15) is 13.3 Å². The van der Waals surface area contributed by atoms with Gasteiger partial charge in [0.1, 0.15) is 0 Å². The van der Waals surface area contributed by atoms with Gasteiger partial charge in [-0.25, -0.2) is 0 Å². The molecule has 1 aromatic carbocycles. The van der Waals surface area contributed by atoms with Gasteiger partial charge < -0.3 is 10.2 Å². The Hall–Kier alpha value is -1.13. The first-order chi connectivity index (χ1) is 9.69. The minimum absolute atomic E-state index is 0.628. The maximum absolute atomic E-state index is 4.62. The number of anilines is 1. The van der Waals surface area contributed by atoms with Crippen LogP contribution in [-0.4, -0.2) is 31.2 Å². The summed E-state index contributed by atoms with van der Waals surface area (Å²) >= 11 is 3.50. The second kappa shape index (κ2) is 5.70. The summed E-state index contributed by atoms with van der Waals surface area (Å²) in [5.41, 5.74) is 2.36. The predicted molar refractivity (Wildman–Crippen MR) is 88.3 cm³/mol. The summed E-state index contributed by atoms with van der Waals surface area (Å²) in [6.07, 6.45) is 3.07. The number of pyridine rings is 1. The van der Waals surface area contributed by atoms with Crippen LogP contribution in [-0.2, 0) is 0 Å². The zero-order chi connectivity index (χ0) is 14.1. The van der Waals surface area contributed by atoms with Crippen molar-refractivity contribution in [1.29, 1.82) is 0 Å². The molecule has 2 atom stereocenters. The van der Waals surface area contributed by atoms with E-state index in [0.717, 1.165) is 23.1 Å². The molecule has 2 heterocycles. The van der Waals surface area contributed by atoms with Crippen LogP contribution in [0.25, 0.3) is 10.9 Å². The Balaban J connectivity index is 1.95. The summed E-state index contributed by atoms with van der Waals surface area (Å²) in [7, 11) is 2.06. The van der Waals surface area contributed by atoms with Gasteiger partial charge in [0.2, 0.25) is 0 Å². The van der Waals surface area contributed by atoms with E-state index in [-0.39, 0.29) is 0 Å². The van der Waals surface area contributed by atoms with Gasteiger partial charge in [-0.05, 0) is 47.4 Å². The number of aromatic nitrogens is 1. The number of nitrogens with one attached hydrogen (secondary N) is 1. The zero-order valence-electron chi connectivity index (χ0n) is 11.9. The fourth-order valence-electron chi connectivity index (χ4n) is 3.17. The number of para-hydroxylation sites is 1. The number of rotatable bonds is 2. The van der Waals surface area contributed by atoms with Crippen molar-refractivity contribution in [2.45, 2.75) is 19.4 Å². The molecule has 0 bridgehead atoms. The molecule has 3 nitrogen and oxygen atoms in total. The van der Waals surface area contributed by atoms with Crippen molar-refractivity contribution in [2.75, 3.05) is 25.0 Å². The fourth-order valence-corrected chi connectivity index (χ4v) is 3.52. The Kier molecular flexibility index (Phi) is 3.94. The fraction of sp³-hybridized carbons (Fsp3) is 0.438. The van der Waals surface area contributed by atoms with E-state index >= 15 is 0 Å². The number of hydrogen-bond donors (Lipinski definition) is 1. The molecule has 2 aromatic rings. The van der Waals surface area contributed by atoms with Crippen LogP contribution in [0.5, 0.6) is 0 Å². The molecule has 1 aromatic heterocycles. The lowest BCUT2D eigenvalue weighted by Crippen LogP contribution is -2.47. The molecule has 0 saturated carbocycles. The highest BCUT2D eigenvalue weighted by atomic mass is 79.9. The Bertz CT molecular complexity index is 614. The summed E-state index contributed by atoms with van der Waals surface area (Å²) in [4.78, 5) is 7.09. The van der Waals surface area contributed by atoms with Crippen LogP contribution >= 0.6 is 15.9 Å². The monoisotopic (exact) mass is 333 g/mol. The highest BCUT2D eigenvalue weighted by molar-refractivity contribution is 9.10. The number of benzene rings is 1. The third-order valence-corrected chi connectivity index (χ3v) is 4.71. The molecule has 0 aliphatic carbocycles. The molecular weight excluding hydrogens is 314 g/mol. The van der Waals surface area contributed by atoms with E-state index in [0.29, 0.717) is 12.0 Å². The van der Waals surface area contributed by atoms with Gasteiger partial charge in [0.15, 0.2) is 0 Å². The summed E-state index contributed by atoms with van der Waals surface area (Å²) < 4.78 is 1.03. The Morgan fingerprint density at radius 2 is 2.25 bits per heavy atom. The highest BCUT2D eigenvalue weighted by Gasteiger charge is 2.25. The third-order valence-electron chi connectivity index (χ3n) is 4.27. The van der Waals surface area contributed by atoms with Crippen LogP contribution < -0.4 is 10.2 Å². The lowest BCUT2D eigenvalue weighted by molar-refractivity contribution is 0.339. The minimum atomic E-state index is 0.628. The molecule has 106 valence electrons. The smallest absolute Gasteiger partial charge is 0.0936 e. The van der Waals surface area contributed by atoms with Crippen LogP contribution in [0.15, 0.2) is 34.9 Å². The first kappa shape index (κ1) is 13.8. The van der Waals surface area contributed by atoms with Crippen molar-refractivity contribution < 1.29 is 0 Å². The SMILES string of the molecule is CNC1CCN(c2cccc3cc(Br)cnc23)CC1C. The average Bonchev–Trinajstić information content (AvgIpc) is 2.46. The molecule has 1 fully saturated rings. The minimum Gasteiger partial charge on any atom is -0.369 e. The molecule has 1 N–H and O–H groups in total. The molecular formula is C16H20BrN3. The normalized spacial score (nSPS) is 23.2. The number of halogens is 1. The largest absolute Gasteiger partial charge is 0.369 e. The van der Waals surface area contributed by atoms with E-state index in [2.05, 4.69) is 69.4 Å².